The van der Waals surface area contributed by atoms with Gasteiger partial charge in [0.05, 0.1) is 5.56 Å². The molecular formula is C14H18O4. The number of ether oxygens (including phenoxy) is 2. The Hall–Kier alpha value is -1.65. The van der Waals surface area contributed by atoms with Crippen molar-refractivity contribution < 1.29 is 19.4 Å². The maximum atomic E-state index is 11.8. The summed E-state index contributed by atoms with van der Waals surface area (Å²) in [5, 5.41) is 9.90. The van der Waals surface area contributed by atoms with Crippen molar-refractivity contribution in [2.75, 3.05) is 7.11 Å². The van der Waals surface area contributed by atoms with E-state index in [-0.39, 0.29) is 0 Å². The highest BCUT2D eigenvalue weighted by Crippen LogP contribution is 2.11. The van der Waals surface area contributed by atoms with Crippen LogP contribution >= 0.6 is 0 Å². The Morgan fingerprint density at radius 1 is 1.39 bits per heavy atom. The van der Waals surface area contributed by atoms with Crippen molar-refractivity contribution in [2.24, 2.45) is 0 Å². The van der Waals surface area contributed by atoms with E-state index in [0.29, 0.717) is 5.56 Å². The van der Waals surface area contributed by atoms with Gasteiger partial charge in [0.15, 0.2) is 0 Å². The van der Waals surface area contributed by atoms with E-state index in [1.54, 1.807) is 31.2 Å². The fourth-order valence-corrected chi connectivity index (χ4v) is 1.52. The zero-order valence-corrected chi connectivity index (χ0v) is 10.6. The quantitative estimate of drug-likeness (QED) is 0.618. The smallest absolute Gasteiger partial charge is 0.338 e. The first kappa shape index (κ1) is 14.4. The molecule has 1 N–H and O–H groups in total. The van der Waals surface area contributed by atoms with Crippen LogP contribution < -0.4 is 0 Å². The second kappa shape index (κ2) is 6.93. The van der Waals surface area contributed by atoms with E-state index in [4.69, 9.17) is 9.47 Å². The lowest BCUT2D eigenvalue weighted by Gasteiger charge is -2.24. The third-order valence-electron chi connectivity index (χ3n) is 2.62. The molecule has 0 saturated carbocycles. The molecule has 0 aromatic heterocycles. The molecule has 0 radical (unpaired) electrons. The molecule has 0 spiro atoms. The first-order valence-corrected chi connectivity index (χ1v) is 5.69. The van der Waals surface area contributed by atoms with Crippen LogP contribution in [0, 0.1) is 0 Å². The van der Waals surface area contributed by atoms with Crippen LogP contribution in [0.25, 0.3) is 0 Å². The molecule has 0 aliphatic heterocycles. The second-order valence-corrected chi connectivity index (χ2v) is 3.90. The highest BCUT2D eigenvalue weighted by atomic mass is 16.6. The number of rotatable bonds is 6. The van der Waals surface area contributed by atoms with Gasteiger partial charge in [-0.1, -0.05) is 24.3 Å². The average molecular weight is 250 g/mol. The topological polar surface area (TPSA) is 55.8 Å². The molecule has 18 heavy (non-hydrogen) atoms. The molecule has 1 aromatic rings. The van der Waals surface area contributed by atoms with Gasteiger partial charge in [-0.15, -0.1) is 6.58 Å². The number of benzene rings is 1. The molecule has 0 bridgehead atoms. The summed E-state index contributed by atoms with van der Waals surface area (Å²) in [6.45, 7) is 5.16. The van der Waals surface area contributed by atoms with E-state index in [1.165, 1.54) is 13.2 Å². The van der Waals surface area contributed by atoms with Crippen molar-refractivity contribution in [3.63, 3.8) is 0 Å². The van der Waals surface area contributed by atoms with Crippen LogP contribution in [-0.2, 0) is 9.47 Å². The van der Waals surface area contributed by atoms with Gasteiger partial charge in [-0.3, -0.25) is 0 Å². The molecule has 0 aliphatic carbocycles. The van der Waals surface area contributed by atoms with E-state index in [1.807, 2.05) is 6.07 Å². The summed E-state index contributed by atoms with van der Waals surface area (Å²) in [5.41, 5.74) is 0.448. The van der Waals surface area contributed by atoms with Crippen LogP contribution in [0.2, 0.25) is 0 Å². The van der Waals surface area contributed by atoms with Crippen molar-refractivity contribution >= 4 is 5.97 Å². The van der Waals surface area contributed by atoms with Crippen LogP contribution in [0.5, 0.6) is 0 Å². The lowest BCUT2D eigenvalue weighted by atomic mass is 10.1. The van der Waals surface area contributed by atoms with Crippen molar-refractivity contribution in [1.82, 2.24) is 0 Å². The van der Waals surface area contributed by atoms with E-state index < -0.39 is 24.3 Å². The van der Waals surface area contributed by atoms with Gasteiger partial charge in [0, 0.05) is 7.11 Å². The Morgan fingerprint density at radius 3 is 2.50 bits per heavy atom. The highest BCUT2D eigenvalue weighted by molar-refractivity contribution is 5.89. The van der Waals surface area contributed by atoms with Crippen molar-refractivity contribution in [2.45, 2.75) is 25.2 Å². The van der Waals surface area contributed by atoms with Crippen molar-refractivity contribution in [3.8, 4) is 0 Å². The summed E-state index contributed by atoms with van der Waals surface area (Å²) in [6.07, 6.45) is -0.721. The zero-order chi connectivity index (χ0) is 13.5. The van der Waals surface area contributed by atoms with Gasteiger partial charge in [-0.2, -0.15) is 0 Å². The number of methoxy groups -OCH3 is 1. The zero-order valence-electron chi connectivity index (χ0n) is 10.6. The molecule has 3 atom stereocenters. The first-order valence-electron chi connectivity index (χ1n) is 5.69. The predicted molar refractivity (Wildman–Crippen MR) is 68.3 cm³/mol. The number of aliphatic hydroxyl groups excluding tert-OH is 1. The molecule has 0 aliphatic rings. The standard InChI is InChI=1S/C14H18O4/c1-4-12(17-3)13(15)10(2)18-14(16)11-8-6-5-7-9-11/h4-10,12-13,15H,1H2,2-3H3/t10-,12+,13-/m0/s1. The van der Waals surface area contributed by atoms with Crippen LogP contribution in [0.1, 0.15) is 17.3 Å². The molecule has 4 nitrogen and oxygen atoms in total. The summed E-state index contributed by atoms with van der Waals surface area (Å²) < 4.78 is 10.2. The Labute approximate surface area is 107 Å². The number of esters is 1. The molecule has 0 saturated heterocycles. The number of carbonyl (C=O) groups is 1. The van der Waals surface area contributed by atoms with Gasteiger partial charge in [0.1, 0.15) is 18.3 Å². The average Bonchev–Trinajstić information content (AvgIpc) is 2.40. The lowest BCUT2D eigenvalue weighted by Crippen LogP contribution is -2.38. The summed E-state index contributed by atoms with van der Waals surface area (Å²) in [7, 11) is 1.46. The fourth-order valence-electron chi connectivity index (χ4n) is 1.52. The molecule has 98 valence electrons. The summed E-state index contributed by atoms with van der Waals surface area (Å²) in [6, 6.07) is 8.62. The van der Waals surface area contributed by atoms with Gasteiger partial charge in [0.2, 0.25) is 0 Å². The molecule has 0 fully saturated rings. The minimum absolute atomic E-state index is 0.448. The maximum absolute atomic E-state index is 11.8. The molecule has 0 amide bonds. The molecule has 0 unspecified atom stereocenters. The number of hydrogen-bond donors (Lipinski definition) is 1. The van der Waals surface area contributed by atoms with Crippen LogP contribution in [0.3, 0.4) is 0 Å². The summed E-state index contributed by atoms with van der Waals surface area (Å²) >= 11 is 0. The second-order valence-electron chi connectivity index (χ2n) is 3.90. The van der Waals surface area contributed by atoms with E-state index in [9.17, 15) is 9.90 Å². The van der Waals surface area contributed by atoms with Gasteiger partial charge < -0.3 is 14.6 Å². The largest absolute Gasteiger partial charge is 0.456 e. The number of carbonyl (C=O) groups excluding carboxylic acids is 1. The number of aliphatic hydroxyl groups is 1. The third-order valence-corrected chi connectivity index (χ3v) is 2.62. The van der Waals surface area contributed by atoms with Gasteiger partial charge in [0.25, 0.3) is 0 Å². The van der Waals surface area contributed by atoms with Gasteiger partial charge in [-0.05, 0) is 19.1 Å². The monoisotopic (exact) mass is 250 g/mol. The SMILES string of the molecule is C=C[C@@H](OC)[C@@H](O)[C@H](C)OC(=O)c1ccccc1. The number of hydrogen-bond acceptors (Lipinski definition) is 4. The third kappa shape index (κ3) is 3.68. The molecule has 1 aromatic carbocycles. The Balaban J connectivity index is 2.62. The van der Waals surface area contributed by atoms with Crippen LogP contribution in [0.4, 0.5) is 0 Å². The van der Waals surface area contributed by atoms with Gasteiger partial charge in [-0.25, -0.2) is 4.79 Å². The van der Waals surface area contributed by atoms with Crippen molar-refractivity contribution in [3.05, 3.63) is 48.6 Å². The molecule has 4 heteroatoms. The van der Waals surface area contributed by atoms with Crippen molar-refractivity contribution in [1.29, 1.82) is 0 Å². The molecular weight excluding hydrogens is 232 g/mol. The Bertz CT molecular complexity index is 388. The lowest BCUT2D eigenvalue weighted by molar-refractivity contribution is -0.0606. The van der Waals surface area contributed by atoms with E-state index >= 15 is 0 Å². The van der Waals surface area contributed by atoms with E-state index in [2.05, 4.69) is 6.58 Å². The predicted octanol–water partition coefficient (Wildman–Crippen LogP) is 1.79. The summed E-state index contributed by atoms with van der Waals surface area (Å²) in [5.74, 6) is -0.471. The minimum atomic E-state index is -0.944. The highest BCUT2D eigenvalue weighted by Gasteiger charge is 2.25. The Morgan fingerprint density at radius 2 is 2.00 bits per heavy atom. The fraction of sp³-hybridized carbons (Fsp3) is 0.357. The normalized spacial score (nSPS) is 15.5. The molecule has 1 rings (SSSR count). The minimum Gasteiger partial charge on any atom is -0.456 e. The van der Waals surface area contributed by atoms with Gasteiger partial charge >= 0.3 is 5.97 Å². The van der Waals surface area contributed by atoms with Crippen LogP contribution in [0.15, 0.2) is 43.0 Å². The van der Waals surface area contributed by atoms with E-state index in [0.717, 1.165) is 0 Å². The first-order chi connectivity index (χ1) is 8.60. The van der Waals surface area contributed by atoms with Crippen LogP contribution in [-0.4, -0.2) is 36.5 Å². The maximum Gasteiger partial charge on any atom is 0.338 e. The summed E-state index contributed by atoms with van der Waals surface area (Å²) in [4.78, 5) is 11.8. The molecule has 0 heterocycles. The Kier molecular flexibility index (Phi) is 5.55.